The van der Waals surface area contributed by atoms with Crippen LogP contribution in [0.5, 0.6) is 0 Å². The smallest absolute Gasteiger partial charge is 0.407 e. The van der Waals surface area contributed by atoms with Crippen molar-refractivity contribution in [3.8, 4) is 0 Å². The van der Waals surface area contributed by atoms with Gasteiger partial charge in [0, 0.05) is 18.0 Å². The number of anilines is 1. The van der Waals surface area contributed by atoms with Gasteiger partial charge in [0.15, 0.2) is 0 Å². The topological polar surface area (TPSA) is 67.4 Å². The number of cyclic esters (lactones) is 1. The zero-order valence-electron chi connectivity index (χ0n) is 11.7. The Morgan fingerprint density at radius 2 is 1.95 bits per heavy atom. The predicted molar refractivity (Wildman–Crippen MR) is 79.0 cm³/mol. The fourth-order valence-electron chi connectivity index (χ4n) is 2.19. The van der Waals surface area contributed by atoms with E-state index in [2.05, 4.69) is 10.6 Å². The van der Waals surface area contributed by atoms with Gasteiger partial charge in [-0.25, -0.2) is 4.79 Å². The maximum Gasteiger partial charge on any atom is 0.407 e. The van der Waals surface area contributed by atoms with Crippen molar-refractivity contribution in [1.82, 2.24) is 5.32 Å². The Kier molecular flexibility index (Phi) is 5.00. The van der Waals surface area contributed by atoms with Crippen molar-refractivity contribution >= 4 is 30.1 Å². The lowest BCUT2D eigenvalue weighted by Crippen LogP contribution is -2.46. The number of hydrogen-bond donors (Lipinski definition) is 2. The molecule has 0 spiro atoms. The molecule has 2 N–H and O–H groups in total. The SMILES string of the molecule is CC(=O)Nc1ccc([C@H]2NC(=O)OCC2(C)C)cc1.Cl. The van der Waals surface area contributed by atoms with Gasteiger partial charge in [0.1, 0.15) is 6.61 Å². The Hall–Kier alpha value is -1.75. The Bertz CT molecular complexity index is 500. The van der Waals surface area contributed by atoms with Gasteiger partial charge in [0.25, 0.3) is 0 Å². The third kappa shape index (κ3) is 3.63. The standard InChI is InChI=1S/C14H18N2O3.ClH/c1-9(17)15-11-6-4-10(5-7-11)12-14(2,3)8-19-13(18)16-12;/h4-7,12H,8H2,1-3H3,(H,15,17)(H,16,18);1H/t12-;/m1./s1. The number of carbonyl (C=O) groups is 2. The van der Waals surface area contributed by atoms with Crippen LogP contribution < -0.4 is 10.6 Å². The van der Waals surface area contributed by atoms with E-state index in [-0.39, 0.29) is 29.8 Å². The first-order valence-corrected chi connectivity index (χ1v) is 6.19. The second-order valence-electron chi connectivity index (χ2n) is 5.45. The van der Waals surface area contributed by atoms with Gasteiger partial charge in [-0.15, -0.1) is 12.4 Å². The van der Waals surface area contributed by atoms with E-state index in [9.17, 15) is 9.59 Å². The number of carbonyl (C=O) groups excluding carboxylic acids is 2. The average molecular weight is 299 g/mol. The third-order valence-electron chi connectivity index (χ3n) is 3.18. The van der Waals surface area contributed by atoms with Crippen LogP contribution in [0.3, 0.4) is 0 Å². The van der Waals surface area contributed by atoms with E-state index in [1.807, 2.05) is 38.1 Å². The van der Waals surface area contributed by atoms with E-state index in [4.69, 9.17) is 4.74 Å². The van der Waals surface area contributed by atoms with Crippen molar-refractivity contribution in [3.05, 3.63) is 29.8 Å². The van der Waals surface area contributed by atoms with Crippen LogP contribution >= 0.6 is 12.4 Å². The largest absolute Gasteiger partial charge is 0.449 e. The number of alkyl carbamates (subject to hydrolysis) is 1. The number of ether oxygens (including phenoxy) is 1. The van der Waals surface area contributed by atoms with E-state index in [1.165, 1.54) is 6.92 Å². The van der Waals surface area contributed by atoms with E-state index in [0.29, 0.717) is 6.61 Å². The summed E-state index contributed by atoms with van der Waals surface area (Å²) in [6.45, 7) is 5.93. The van der Waals surface area contributed by atoms with Gasteiger partial charge in [-0.05, 0) is 17.7 Å². The molecule has 5 nitrogen and oxygen atoms in total. The van der Waals surface area contributed by atoms with Crippen LogP contribution in [0.4, 0.5) is 10.5 Å². The Morgan fingerprint density at radius 3 is 2.50 bits per heavy atom. The molecule has 1 aromatic carbocycles. The first-order valence-electron chi connectivity index (χ1n) is 6.19. The number of rotatable bonds is 2. The van der Waals surface area contributed by atoms with Gasteiger partial charge in [-0.1, -0.05) is 26.0 Å². The summed E-state index contributed by atoms with van der Waals surface area (Å²) in [5.74, 6) is -0.104. The molecule has 2 rings (SSSR count). The summed E-state index contributed by atoms with van der Waals surface area (Å²) >= 11 is 0. The summed E-state index contributed by atoms with van der Waals surface area (Å²) in [5, 5.41) is 5.55. The molecule has 1 heterocycles. The lowest BCUT2D eigenvalue weighted by atomic mass is 9.80. The Morgan fingerprint density at radius 1 is 1.35 bits per heavy atom. The van der Waals surface area contributed by atoms with Crippen LogP contribution in [0.25, 0.3) is 0 Å². The summed E-state index contributed by atoms with van der Waals surface area (Å²) in [7, 11) is 0. The number of hydrogen-bond acceptors (Lipinski definition) is 3. The monoisotopic (exact) mass is 298 g/mol. The fourth-order valence-corrected chi connectivity index (χ4v) is 2.19. The zero-order valence-corrected chi connectivity index (χ0v) is 12.5. The number of amides is 2. The molecule has 1 aliphatic heterocycles. The number of halogens is 1. The molecule has 0 aromatic heterocycles. The molecule has 0 unspecified atom stereocenters. The second kappa shape index (κ2) is 6.13. The van der Waals surface area contributed by atoms with Crippen molar-refractivity contribution in [3.63, 3.8) is 0 Å². The lowest BCUT2D eigenvalue weighted by molar-refractivity contribution is -0.114. The van der Waals surface area contributed by atoms with Crippen LogP contribution in [0.2, 0.25) is 0 Å². The first-order chi connectivity index (χ1) is 8.88. The van der Waals surface area contributed by atoms with Crippen molar-refractivity contribution in [2.45, 2.75) is 26.8 Å². The second-order valence-corrected chi connectivity index (χ2v) is 5.45. The summed E-state index contributed by atoms with van der Waals surface area (Å²) in [6, 6.07) is 7.37. The maximum absolute atomic E-state index is 11.4. The van der Waals surface area contributed by atoms with Crippen molar-refractivity contribution in [1.29, 1.82) is 0 Å². The molecule has 1 saturated heterocycles. The summed E-state index contributed by atoms with van der Waals surface area (Å²) in [6.07, 6.45) is -0.393. The van der Waals surface area contributed by atoms with Gasteiger partial charge >= 0.3 is 6.09 Å². The maximum atomic E-state index is 11.4. The normalized spacial score (nSPS) is 20.1. The molecule has 0 saturated carbocycles. The van der Waals surface area contributed by atoms with Crippen molar-refractivity contribution < 1.29 is 14.3 Å². The lowest BCUT2D eigenvalue weighted by Gasteiger charge is -2.38. The first kappa shape index (κ1) is 16.3. The van der Waals surface area contributed by atoms with Crippen LogP contribution in [0, 0.1) is 5.41 Å². The van der Waals surface area contributed by atoms with Crippen LogP contribution in [-0.4, -0.2) is 18.6 Å². The molecule has 1 aromatic rings. The highest BCUT2D eigenvalue weighted by Crippen LogP contribution is 2.36. The summed E-state index contributed by atoms with van der Waals surface area (Å²) in [5.41, 5.74) is 1.56. The highest BCUT2D eigenvalue weighted by Gasteiger charge is 2.37. The molecule has 2 amide bonds. The van der Waals surface area contributed by atoms with E-state index in [1.54, 1.807) is 0 Å². The molecule has 1 fully saturated rings. The van der Waals surface area contributed by atoms with E-state index < -0.39 is 6.09 Å². The van der Waals surface area contributed by atoms with Gasteiger partial charge in [-0.2, -0.15) is 0 Å². The molecule has 0 bridgehead atoms. The zero-order chi connectivity index (χ0) is 14.0. The average Bonchev–Trinajstić information content (AvgIpc) is 2.33. The molecule has 1 aliphatic rings. The minimum absolute atomic E-state index is 0. The van der Waals surface area contributed by atoms with Gasteiger partial charge in [-0.3, -0.25) is 4.79 Å². The summed E-state index contributed by atoms with van der Waals surface area (Å²) in [4.78, 5) is 22.3. The molecule has 110 valence electrons. The Balaban J connectivity index is 0.00000200. The molecule has 0 radical (unpaired) electrons. The van der Waals surface area contributed by atoms with Gasteiger partial charge in [0.2, 0.25) is 5.91 Å². The molecule has 0 aliphatic carbocycles. The van der Waals surface area contributed by atoms with Crippen LogP contribution in [-0.2, 0) is 9.53 Å². The van der Waals surface area contributed by atoms with Gasteiger partial charge < -0.3 is 15.4 Å². The quantitative estimate of drug-likeness (QED) is 0.882. The molecule has 20 heavy (non-hydrogen) atoms. The fraction of sp³-hybridized carbons (Fsp3) is 0.429. The highest BCUT2D eigenvalue weighted by molar-refractivity contribution is 5.88. The van der Waals surface area contributed by atoms with E-state index in [0.717, 1.165) is 11.3 Å². The number of benzene rings is 1. The highest BCUT2D eigenvalue weighted by atomic mass is 35.5. The number of nitrogens with one attached hydrogen (secondary N) is 2. The van der Waals surface area contributed by atoms with Crippen LogP contribution in [0.1, 0.15) is 32.4 Å². The van der Waals surface area contributed by atoms with Crippen LogP contribution in [0.15, 0.2) is 24.3 Å². The Labute approximate surface area is 124 Å². The predicted octanol–water partition coefficient (Wildman–Crippen LogP) is 2.87. The molecule has 1 atom stereocenters. The minimum Gasteiger partial charge on any atom is -0.449 e. The summed E-state index contributed by atoms with van der Waals surface area (Å²) < 4.78 is 5.01. The molecule has 6 heteroatoms. The van der Waals surface area contributed by atoms with E-state index >= 15 is 0 Å². The molecular weight excluding hydrogens is 280 g/mol. The third-order valence-corrected chi connectivity index (χ3v) is 3.18. The minimum atomic E-state index is -0.393. The van der Waals surface area contributed by atoms with Gasteiger partial charge in [0.05, 0.1) is 6.04 Å². The van der Waals surface area contributed by atoms with Crippen molar-refractivity contribution in [2.24, 2.45) is 5.41 Å². The molecular formula is C14H19ClN2O3. The van der Waals surface area contributed by atoms with Crippen molar-refractivity contribution in [2.75, 3.05) is 11.9 Å².